The van der Waals surface area contributed by atoms with Crippen LogP contribution in [-0.2, 0) is 29.1 Å². The van der Waals surface area contributed by atoms with Gasteiger partial charge in [0.2, 0.25) is 0 Å². The van der Waals surface area contributed by atoms with Crippen molar-refractivity contribution in [2.75, 3.05) is 0 Å². The molecule has 98 valence electrons. The Morgan fingerprint density at radius 3 is 2.11 bits per heavy atom. The van der Waals surface area contributed by atoms with Crippen LogP contribution < -0.4 is 10.2 Å². The van der Waals surface area contributed by atoms with Gasteiger partial charge >= 0.3 is 19.5 Å². The quantitative estimate of drug-likeness (QED) is 0.452. The fourth-order valence-corrected chi connectivity index (χ4v) is 1.84. The predicted molar refractivity (Wildman–Crippen MR) is 60.6 cm³/mol. The smallest absolute Gasteiger partial charge is 0.549 e. The van der Waals surface area contributed by atoms with E-state index in [0.717, 1.165) is 25.7 Å². The number of carbonyl (C=O) groups is 2. The maximum atomic E-state index is 10.9. The van der Waals surface area contributed by atoms with Gasteiger partial charge in [0.25, 0.3) is 0 Å². The third kappa shape index (κ3) is 6.90. The number of carbonyl (C=O) groups excluding carboxylic acids is 2. The minimum atomic E-state index is -1.51. The molecule has 0 saturated carbocycles. The molecule has 0 amide bonds. The minimum absolute atomic E-state index is 0. The average Bonchev–Trinajstić information content (AvgIpc) is 2.28. The zero-order valence-electron chi connectivity index (χ0n) is 11.2. The molecule has 4 nitrogen and oxygen atoms in total. The van der Waals surface area contributed by atoms with Crippen molar-refractivity contribution >= 4 is 11.9 Å². The summed E-state index contributed by atoms with van der Waals surface area (Å²) >= 11 is 0. The molecule has 0 spiro atoms. The van der Waals surface area contributed by atoms with E-state index in [9.17, 15) is 19.8 Å². The van der Waals surface area contributed by atoms with Crippen molar-refractivity contribution in [3.63, 3.8) is 0 Å². The Balaban J connectivity index is 0. The van der Waals surface area contributed by atoms with Crippen LogP contribution in [0.4, 0.5) is 0 Å². The Morgan fingerprint density at radius 2 is 1.78 bits per heavy atom. The molecule has 0 heterocycles. The van der Waals surface area contributed by atoms with Crippen LogP contribution in [0.25, 0.3) is 0 Å². The van der Waals surface area contributed by atoms with Crippen LogP contribution in [-0.4, -0.2) is 11.9 Å². The molecule has 5 heteroatoms. The van der Waals surface area contributed by atoms with E-state index < -0.39 is 17.9 Å². The van der Waals surface area contributed by atoms with E-state index in [0.29, 0.717) is 0 Å². The number of unbranched alkanes of at least 4 members (excludes halogenated alkanes) is 1. The summed E-state index contributed by atoms with van der Waals surface area (Å²) in [7, 11) is 0. The minimum Gasteiger partial charge on any atom is -0.549 e. The van der Waals surface area contributed by atoms with E-state index in [1.807, 2.05) is 6.92 Å². The fourth-order valence-electron chi connectivity index (χ4n) is 1.84. The third-order valence-corrected chi connectivity index (χ3v) is 3.08. The van der Waals surface area contributed by atoms with Crippen molar-refractivity contribution in [1.29, 1.82) is 0 Å². The first-order chi connectivity index (χ1) is 7.93. The zero-order chi connectivity index (χ0) is 13.4. The third-order valence-electron chi connectivity index (χ3n) is 3.08. The van der Waals surface area contributed by atoms with Gasteiger partial charge in [-0.05, 0) is 17.9 Å². The van der Waals surface area contributed by atoms with E-state index in [1.54, 1.807) is 0 Å². The van der Waals surface area contributed by atoms with Gasteiger partial charge in [-0.1, -0.05) is 46.1 Å². The van der Waals surface area contributed by atoms with Crippen molar-refractivity contribution in [3.05, 3.63) is 12.2 Å². The Hall–Kier alpha value is -0.697. The van der Waals surface area contributed by atoms with Crippen LogP contribution in [0.3, 0.4) is 0 Å². The van der Waals surface area contributed by atoms with Crippen molar-refractivity contribution in [2.45, 2.75) is 46.0 Å². The van der Waals surface area contributed by atoms with Gasteiger partial charge in [-0.3, -0.25) is 0 Å². The summed E-state index contributed by atoms with van der Waals surface area (Å²) in [5.74, 6) is -3.84. The number of aliphatic carboxylic acids is 2. The average molecular weight is 306 g/mol. The molecule has 0 fully saturated rings. The summed E-state index contributed by atoms with van der Waals surface area (Å²) in [5, 5.41) is 21.5. The molecule has 0 aliphatic rings. The van der Waals surface area contributed by atoms with Gasteiger partial charge in [0.1, 0.15) is 0 Å². The fraction of sp³-hybridized carbons (Fsp3) is 0.692. The largest absolute Gasteiger partial charge is 2.00 e. The number of carboxylic acid groups (broad SMARTS) is 2. The van der Waals surface area contributed by atoms with Gasteiger partial charge in [-0.2, -0.15) is 0 Å². The van der Waals surface area contributed by atoms with Crippen molar-refractivity contribution < 1.29 is 39.3 Å². The maximum absolute atomic E-state index is 10.9. The van der Waals surface area contributed by atoms with Gasteiger partial charge in [0, 0.05) is 11.9 Å². The molecular weight excluding hydrogens is 286 g/mol. The van der Waals surface area contributed by atoms with Crippen LogP contribution in [0, 0.1) is 11.8 Å². The Kier molecular flexibility index (Phi) is 11.2. The summed E-state index contributed by atoms with van der Waals surface area (Å²) in [6.45, 7) is 7.29. The topological polar surface area (TPSA) is 80.3 Å². The summed E-state index contributed by atoms with van der Waals surface area (Å²) in [4.78, 5) is 21.5. The van der Waals surface area contributed by atoms with E-state index in [4.69, 9.17) is 0 Å². The molecule has 2 atom stereocenters. The van der Waals surface area contributed by atoms with E-state index in [1.165, 1.54) is 0 Å². The summed E-state index contributed by atoms with van der Waals surface area (Å²) < 4.78 is 0. The molecule has 0 aromatic carbocycles. The second kappa shape index (κ2) is 10.2. The SMILES string of the molecule is C=C(C(=O)[O-])C(CC(CC)CCCC)C(=O)[O-].[Zn+2]. The summed E-state index contributed by atoms with van der Waals surface area (Å²) in [6, 6.07) is 0. The molecule has 0 saturated heterocycles. The molecule has 0 aliphatic carbocycles. The van der Waals surface area contributed by atoms with Crippen LogP contribution in [0.15, 0.2) is 12.2 Å². The van der Waals surface area contributed by atoms with Crippen molar-refractivity contribution in [3.8, 4) is 0 Å². The van der Waals surface area contributed by atoms with Crippen molar-refractivity contribution in [1.82, 2.24) is 0 Å². The predicted octanol–water partition coefficient (Wildman–Crippen LogP) is 0.263. The summed E-state index contributed by atoms with van der Waals surface area (Å²) in [5.41, 5.74) is -0.389. The second-order valence-corrected chi connectivity index (χ2v) is 4.34. The molecule has 0 aliphatic heterocycles. The van der Waals surface area contributed by atoms with Gasteiger partial charge in [-0.25, -0.2) is 0 Å². The van der Waals surface area contributed by atoms with Crippen LogP contribution in [0.5, 0.6) is 0 Å². The monoisotopic (exact) mass is 304 g/mol. The van der Waals surface area contributed by atoms with Gasteiger partial charge in [0.15, 0.2) is 0 Å². The van der Waals surface area contributed by atoms with Crippen molar-refractivity contribution in [2.24, 2.45) is 11.8 Å². The first kappa shape index (κ1) is 19.6. The first-order valence-electron chi connectivity index (χ1n) is 6.04. The maximum Gasteiger partial charge on any atom is 2.00 e. The molecule has 2 unspecified atom stereocenters. The standard InChI is InChI=1S/C13H22O4.Zn/c1-4-6-7-10(5-2)8-11(13(16)17)9(3)12(14)15;/h10-11H,3-8H2,1-2H3,(H,14,15)(H,16,17);/q;+2/p-2. The Bertz CT molecular complexity index is 289. The number of carboxylic acids is 2. The zero-order valence-corrected chi connectivity index (χ0v) is 14.2. The number of rotatable bonds is 9. The molecule has 0 N–H and O–H groups in total. The van der Waals surface area contributed by atoms with Crippen LogP contribution in [0.1, 0.15) is 46.0 Å². The van der Waals surface area contributed by atoms with E-state index in [2.05, 4.69) is 13.5 Å². The second-order valence-electron chi connectivity index (χ2n) is 4.34. The molecule has 0 radical (unpaired) electrons. The van der Waals surface area contributed by atoms with Crippen LogP contribution in [0.2, 0.25) is 0 Å². The summed E-state index contributed by atoms with van der Waals surface area (Å²) in [6.07, 6.45) is 4.04. The molecule has 0 aromatic heterocycles. The van der Waals surface area contributed by atoms with Crippen LogP contribution >= 0.6 is 0 Å². The first-order valence-corrected chi connectivity index (χ1v) is 6.04. The van der Waals surface area contributed by atoms with E-state index in [-0.39, 0.29) is 37.4 Å². The van der Waals surface area contributed by atoms with Gasteiger partial charge < -0.3 is 19.8 Å². The number of hydrogen-bond donors (Lipinski definition) is 0. The Labute approximate surface area is 121 Å². The molecular formula is C13H20O4Zn. The normalized spacial score (nSPS) is 13.2. The molecule has 0 rings (SSSR count). The van der Waals surface area contributed by atoms with Gasteiger partial charge in [-0.15, -0.1) is 0 Å². The molecule has 0 aromatic rings. The molecule has 0 bridgehead atoms. The van der Waals surface area contributed by atoms with E-state index >= 15 is 0 Å². The van der Waals surface area contributed by atoms with Gasteiger partial charge in [0.05, 0.1) is 5.97 Å². The number of hydrogen-bond acceptors (Lipinski definition) is 4. The Morgan fingerprint density at radius 1 is 1.22 bits per heavy atom. The molecule has 18 heavy (non-hydrogen) atoms.